The van der Waals surface area contributed by atoms with Crippen LogP contribution < -0.4 is 4.74 Å². The Balaban J connectivity index is 1.68. The number of guanidine groups is 1. The van der Waals surface area contributed by atoms with E-state index in [-0.39, 0.29) is 0 Å². The highest BCUT2D eigenvalue weighted by molar-refractivity contribution is 6.24. The van der Waals surface area contributed by atoms with Crippen LogP contribution in [-0.4, -0.2) is 30.0 Å². The highest BCUT2D eigenvalue weighted by Crippen LogP contribution is 2.48. The van der Waals surface area contributed by atoms with Gasteiger partial charge in [-0.15, -0.1) is 0 Å². The fourth-order valence-electron chi connectivity index (χ4n) is 4.49. The fourth-order valence-corrected chi connectivity index (χ4v) is 4.49. The summed E-state index contributed by atoms with van der Waals surface area (Å²) >= 11 is 0. The number of ether oxygens (including phenoxy) is 1. The summed E-state index contributed by atoms with van der Waals surface area (Å²) in [5, 5.41) is 0. The Labute approximate surface area is 180 Å². The number of hydrogen-bond acceptors (Lipinski definition) is 5. The molecule has 3 aromatic carbocycles. The molecule has 3 aromatic rings. The molecule has 0 amide bonds. The van der Waals surface area contributed by atoms with Crippen LogP contribution in [-0.2, 0) is 5.54 Å². The SMILES string of the molecule is COc1ccc(C2(c3ccc(C)cc3)N=C3N=CC=C4c5ccccc5N=C2N43)cc1. The number of fused-ring (bicyclic) bond motifs is 2. The summed E-state index contributed by atoms with van der Waals surface area (Å²) in [6.07, 6.45) is 3.86. The van der Waals surface area contributed by atoms with E-state index in [1.54, 1.807) is 7.11 Å². The number of para-hydroxylation sites is 1. The number of rotatable bonds is 3. The lowest BCUT2D eigenvalue weighted by molar-refractivity contribution is 0.414. The second-order valence-electron chi connectivity index (χ2n) is 7.83. The van der Waals surface area contributed by atoms with Crippen LogP contribution >= 0.6 is 0 Å². The van der Waals surface area contributed by atoms with Crippen LogP contribution in [0.4, 0.5) is 5.69 Å². The largest absolute Gasteiger partial charge is 0.497 e. The van der Waals surface area contributed by atoms with E-state index < -0.39 is 5.54 Å². The molecule has 0 saturated carbocycles. The quantitative estimate of drug-likeness (QED) is 0.611. The molecule has 0 bridgehead atoms. The number of nitrogens with zero attached hydrogens (tertiary/aromatic N) is 4. The van der Waals surface area contributed by atoms with Crippen LogP contribution in [0.15, 0.2) is 93.8 Å². The summed E-state index contributed by atoms with van der Waals surface area (Å²) in [5.74, 6) is 2.31. The van der Waals surface area contributed by atoms with E-state index in [4.69, 9.17) is 14.7 Å². The first-order chi connectivity index (χ1) is 15.2. The van der Waals surface area contributed by atoms with Gasteiger partial charge in [-0.3, -0.25) is 4.90 Å². The minimum absolute atomic E-state index is 0.655. The zero-order chi connectivity index (χ0) is 21.0. The summed E-state index contributed by atoms with van der Waals surface area (Å²) in [7, 11) is 1.68. The number of allylic oxidation sites excluding steroid dienone is 1. The van der Waals surface area contributed by atoms with Crippen molar-refractivity contribution < 1.29 is 4.74 Å². The fraction of sp³-hybridized carbons (Fsp3) is 0.115. The molecular weight excluding hydrogens is 384 g/mol. The minimum Gasteiger partial charge on any atom is -0.497 e. The third-order valence-corrected chi connectivity index (χ3v) is 6.05. The Morgan fingerprint density at radius 2 is 1.58 bits per heavy atom. The van der Waals surface area contributed by atoms with E-state index in [1.165, 1.54) is 5.56 Å². The third-order valence-electron chi connectivity index (χ3n) is 6.05. The van der Waals surface area contributed by atoms with Crippen LogP contribution in [0.3, 0.4) is 0 Å². The topological polar surface area (TPSA) is 49.6 Å². The Morgan fingerprint density at radius 1 is 0.871 bits per heavy atom. The van der Waals surface area contributed by atoms with Gasteiger partial charge in [0.15, 0.2) is 11.4 Å². The van der Waals surface area contributed by atoms with Crippen LogP contribution in [0.2, 0.25) is 0 Å². The van der Waals surface area contributed by atoms with E-state index >= 15 is 0 Å². The van der Waals surface area contributed by atoms with Gasteiger partial charge in [0.05, 0.1) is 18.5 Å². The average molecular weight is 404 g/mol. The van der Waals surface area contributed by atoms with E-state index in [0.717, 1.165) is 39.7 Å². The van der Waals surface area contributed by atoms with Gasteiger partial charge in [0.25, 0.3) is 0 Å². The van der Waals surface area contributed by atoms with Gasteiger partial charge >= 0.3 is 0 Å². The number of aliphatic imine (C=N–C) groups is 3. The first-order valence-corrected chi connectivity index (χ1v) is 10.3. The molecule has 3 heterocycles. The molecule has 1 unspecified atom stereocenters. The summed E-state index contributed by atoms with van der Waals surface area (Å²) in [6, 6.07) is 24.8. The van der Waals surface area contributed by atoms with Crippen molar-refractivity contribution in [2.75, 3.05) is 7.11 Å². The van der Waals surface area contributed by atoms with E-state index in [9.17, 15) is 0 Å². The zero-order valence-corrected chi connectivity index (χ0v) is 17.3. The third kappa shape index (κ3) is 2.46. The van der Waals surface area contributed by atoms with E-state index in [1.807, 2.05) is 36.6 Å². The average Bonchev–Trinajstić information content (AvgIpc) is 3.16. The molecule has 0 saturated heterocycles. The number of methoxy groups -OCH3 is 1. The molecule has 0 fully saturated rings. The van der Waals surface area contributed by atoms with Crippen molar-refractivity contribution in [2.24, 2.45) is 15.0 Å². The highest BCUT2D eigenvalue weighted by atomic mass is 16.5. The predicted octanol–water partition coefficient (Wildman–Crippen LogP) is 5.09. The molecule has 0 aromatic heterocycles. The molecule has 5 heteroatoms. The van der Waals surface area contributed by atoms with Crippen molar-refractivity contribution in [1.29, 1.82) is 0 Å². The van der Waals surface area contributed by atoms with Crippen molar-refractivity contribution in [2.45, 2.75) is 12.5 Å². The van der Waals surface area contributed by atoms with E-state index in [0.29, 0.717) is 5.96 Å². The Kier molecular flexibility index (Phi) is 3.74. The number of hydrogen-bond donors (Lipinski definition) is 0. The summed E-state index contributed by atoms with van der Waals surface area (Å²) in [4.78, 5) is 17.1. The summed E-state index contributed by atoms with van der Waals surface area (Å²) in [5.41, 5.74) is 5.55. The summed E-state index contributed by atoms with van der Waals surface area (Å²) < 4.78 is 5.40. The maximum Gasteiger partial charge on any atom is 0.232 e. The predicted molar refractivity (Wildman–Crippen MR) is 124 cm³/mol. The lowest BCUT2D eigenvalue weighted by atomic mass is 9.81. The second kappa shape index (κ2) is 6.51. The normalized spacial score (nSPS) is 20.5. The van der Waals surface area contributed by atoms with Gasteiger partial charge in [0.2, 0.25) is 5.96 Å². The molecule has 0 radical (unpaired) electrons. The molecule has 31 heavy (non-hydrogen) atoms. The first-order valence-electron chi connectivity index (χ1n) is 10.3. The zero-order valence-electron chi connectivity index (χ0n) is 17.3. The van der Waals surface area contributed by atoms with Crippen LogP contribution in [0, 0.1) is 6.92 Å². The Bertz CT molecular complexity index is 1320. The molecule has 0 aliphatic carbocycles. The van der Waals surface area contributed by atoms with E-state index in [2.05, 4.69) is 65.3 Å². The molecule has 0 N–H and O–H groups in total. The van der Waals surface area contributed by atoms with Gasteiger partial charge in [-0.05, 0) is 42.3 Å². The highest BCUT2D eigenvalue weighted by Gasteiger charge is 2.52. The van der Waals surface area contributed by atoms with Crippen LogP contribution in [0.1, 0.15) is 22.3 Å². The number of aryl methyl sites for hydroxylation is 1. The maximum absolute atomic E-state index is 5.40. The molecule has 6 rings (SSSR count). The van der Waals surface area contributed by atoms with Crippen molar-refractivity contribution in [3.63, 3.8) is 0 Å². The molecule has 3 aliphatic rings. The van der Waals surface area contributed by atoms with Gasteiger partial charge in [-0.2, -0.15) is 0 Å². The monoisotopic (exact) mass is 404 g/mol. The van der Waals surface area contributed by atoms with Gasteiger partial charge in [0, 0.05) is 11.8 Å². The van der Waals surface area contributed by atoms with Crippen molar-refractivity contribution in [3.05, 3.63) is 101 Å². The van der Waals surface area contributed by atoms with Crippen molar-refractivity contribution in [3.8, 4) is 5.75 Å². The lowest BCUT2D eigenvalue weighted by Gasteiger charge is -2.35. The molecular formula is C26H20N4O. The van der Waals surface area contributed by atoms with Crippen LogP contribution in [0.25, 0.3) is 5.70 Å². The minimum atomic E-state index is -0.802. The number of amidine groups is 1. The summed E-state index contributed by atoms with van der Waals surface area (Å²) in [6.45, 7) is 2.09. The van der Waals surface area contributed by atoms with Gasteiger partial charge in [0.1, 0.15) is 5.75 Å². The Morgan fingerprint density at radius 3 is 2.32 bits per heavy atom. The van der Waals surface area contributed by atoms with Crippen molar-refractivity contribution >= 4 is 29.4 Å². The molecule has 5 nitrogen and oxygen atoms in total. The lowest BCUT2D eigenvalue weighted by Crippen LogP contribution is -2.42. The molecule has 0 spiro atoms. The van der Waals surface area contributed by atoms with Crippen molar-refractivity contribution in [1.82, 2.24) is 4.90 Å². The van der Waals surface area contributed by atoms with Gasteiger partial charge in [-0.1, -0.05) is 60.2 Å². The first kappa shape index (κ1) is 17.8. The standard InChI is InChI=1S/C26H20N4O/c1-17-7-9-18(10-8-17)26(19-11-13-20(31-2)14-12-19)24-28-22-6-4-3-5-21(22)23-15-16-27-25(29-26)30(23)24/h3-16H,1-2H3. The van der Waals surface area contributed by atoms with Crippen LogP contribution in [0.5, 0.6) is 5.75 Å². The number of benzene rings is 3. The Hall–Kier alpha value is -3.99. The molecule has 3 aliphatic heterocycles. The van der Waals surface area contributed by atoms with Gasteiger partial charge < -0.3 is 4.74 Å². The van der Waals surface area contributed by atoms with Gasteiger partial charge in [-0.25, -0.2) is 15.0 Å². The maximum atomic E-state index is 5.40. The molecule has 150 valence electrons. The molecule has 1 atom stereocenters. The smallest absolute Gasteiger partial charge is 0.232 e. The second-order valence-corrected chi connectivity index (χ2v) is 7.83.